The van der Waals surface area contributed by atoms with Gasteiger partial charge in [-0.15, -0.1) is 0 Å². The van der Waals surface area contributed by atoms with Gasteiger partial charge < -0.3 is 16.2 Å². The van der Waals surface area contributed by atoms with Gasteiger partial charge in [-0.25, -0.2) is 0 Å². The fourth-order valence-corrected chi connectivity index (χ4v) is 11.8. The van der Waals surface area contributed by atoms with Gasteiger partial charge in [-0.1, -0.05) is 46.2 Å². The fourth-order valence-electron chi connectivity index (χ4n) is 8.97. The molecule has 2 saturated carbocycles. The van der Waals surface area contributed by atoms with Gasteiger partial charge in [-0.3, -0.25) is 9.79 Å². The van der Waals surface area contributed by atoms with Crippen LogP contribution in [0.4, 0.5) is 0 Å². The number of Topliss-reactive ketones (excluding diaryl/α,β-unsaturated/α-hetero) is 1. The summed E-state index contributed by atoms with van der Waals surface area (Å²) in [5.41, 5.74) is 8.85. The van der Waals surface area contributed by atoms with Crippen molar-refractivity contribution in [1.82, 2.24) is 5.32 Å². The Morgan fingerprint density at radius 3 is 3.00 bits per heavy atom. The SMILES string of the molecule is CC12CCSSCC3(CCCC4=C5CC1CC(CO)C1CC=CC(C4=O)C512)CCN=C(N)N3. The molecule has 0 amide bonds. The van der Waals surface area contributed by atoms with Gasteiger partial charge in [0.2, 0.25) is 0 Å². The van der Waals surface area contributed by atoms with Crippen LogP contribution in [0, 0.1) is 34.5 Å². The summed E-state index contributed by atoms with van der Waals surface area (Å²) in [5.74, 6) is 4.44. The maximum atomic E-state index is 14.0. The van der Waals surface area contributed by atoms with E-state index in [4.69, 9.17) is 5.73 Å². The Balaban J connectivity index is 1.41. The van der Waals surface area contributed by atoms with E-state index in [1.54, 1.807) is 0 Å². The molecule has 2 fully saturated rings. The number of nitrogens with zero attached hydrogens (tertiary/aromatic N) is 1. The molecule has 0 saturated heterocycles. The van der Waals surface area contributed by atoms with Gasteiger partial charge in [0.15, 0.2) is 11.7 Å². The Labute approximate surface area is 205 Å². The fraction of sp³-hybridized carbons (Fsp3) is 0.769. The van der Waals surface area contributed by atoms with Gasteiger partial charge >= 0.3 is 0 Å². The minimum Gasteiger partial charge on any atom is -0.396 e. The zero-order chi connectivity index (χ0) is 22.8. The molecule has 5 bridgehead atoms. The number of carbonyl (C=O) groups excluding carboxylic acids is 1. The first-order valence-corrected chi connectivity index (χ1v) is 15.3. The number of aliphatic hydroxyl groups is 1. The van der Waals surface area contributed by atoms with Crippen LogP contribution in [0.1, 0.15) is 58.3 Å². The summed E-state index contributed by atoms with van der Waals surface area (Å²) in [4.78, 5) is 18.4. The van der Waals surface area contributed by atoms with Crippen LogP contribution in [-0.2, 0) is 4.79 Å². The largest absolute Gasteiger partial charge is 0.396 e. The number of allylic oxidation sites excluding steroid dienone is 4. The molecule has 7 unspecified atom stereocenters. The molecule has 180 valence electrons. The van der Waals surface area contributed by atoms with Crippen LogP contribution in [0.15, 0.2) is 28.3 Å². The van der Waals surface area contributed by atoms with Crippen LogP contribution < -0.4 is 11.1 Å². The maximum absolute atomic E-state index is 14.0. The van der Waals surface area contributed by atoms with Gasteiger partial charge in [-0.05, 0) is 80.1 Å². The maximum Gasteiger partial charge on any atom is 0.189 e. The molecule has 6 aliphatic rings. The molecular formula is C26H37N3O2S2. The summed E-state index contributed by atoms with van der Waals surface area (Å²) in [6, 6.07) is 0. The van der Waals surface area contributed by atoms with Crippen LogP contribution >= 0.6 is 21.6 Å². The van der Waals surface area contributed by atoms with Crippen molar-refractivity contribution in [2.75, 3.05) is 24.7 Å². The van der Waals surface area contributed by atoms with Crippen molar-refractivity contribution in [3.05, 3.63) is 23.3 Å². The lowest BCUT2D eigenvalue weighted by atomic mass is 9.44. The summed E-state index contributed by atoms with van der Waals surface area (Å²) in [5, 5.41) is 13.9. The highest BCUT2D eigenvalue weighted by Gasteiger charge is 2.73. The number of ketones is 1. The summed E-state index contributed by atoms with van der Waals surface area (Å²) in [6.07, 6.45) is 12.8. The first-order chi connectivity index (χ1) is 16.0. The molecule has 2 spiro atoms. The molecule has 33 heavy (non-hydrogen) atoms. The smallest absolute Gasteiger partial charge is 0.189 e. The van der Waals surface area contributed by atoms with Crippen LogP contribution in [0.3, 0.4) is 0 Å². The van der Waals surface area contributed by atoms with Crippen molar-refractivity contribution >= 4 is 33.3 Å². The number of aliphatic imine (C=N–C) groups is 1. The molecular weight excluding hydrogens is 450 g/mol. The number of carbonyl (C=O) groups is 1. The number of hydrogen-bond donors (Lipinski definition) is 3. The number of aliphatic hydroxyl groups excluding tert-OH is 1. The number of nitrogens with two attached hydrogens (primary N) is 1. The number of nitrogens with one attached hydrogen (secondary N) is 1. The molecule has 5 nitrogen and oxygen atoms in total. The number of rotatable bonds is 1. The molecule has 0 aromatic rings. The molecule has 2 aliphatic heterocycles. The van der Waals surface area contributed by atoms with E-state index in [-0.39, 0.29) is 28.9 Å². The molecule has 0 aromatic carbocycles. The van der Waals surface area contributed by atoms with E-state index >= 15 is 0 Å². The lowest BCUT2D eigenvalue weighted by Gasteiger charge is -2.59. The predicted octanol–water partition coefficient (Wildman–Crippen LogP) is 4.09. The zero-order valence-corrected chi connectivity index (χ0v) is 21.3. The first kappa shape index (κ1) is 22.5. The zero-order valence-electron chi connectivity index (χ0n) is 19.6. The molecule has 0 aromatic heterocycles. The van der Waals surface area contributed by atoms with Crippen molar-refractivity contribution in [2.45, 2.75) is 63.8 Å². The van der Waals surface area contributed by atoms with Crippen LogP contribution in [0.2, 0.25) is 0 Å². The third kappa shape index (κ3) is 3.03. The second-order valence-corrected chi connectivity index (χ2v) is 14.1. The number of guanidine groups is 1. The highest BCUT2D eigenvalue weighted by molar-refractivity contribution is 8.76. The van der Waals surface area contributed by atoms with Gasteiger partial charge in [0.25, 0.3) is 0 Å². The van der Waals surface area contributed by atoms with Crippen molar-refractivity contribution in [2.24, 2.45) is 45.2 Å². The molecule has 6 rings (SSSR count). The van der Waals surface area contributed by atoms with E-state index in [2.05, 4.69) is 29.4 Å². The van der Waals surface area contributed by atoms with E-state index < -0.39 is 0 Å². The average molecular weight is 488 g/mol. The van der Waals surface area contributed by atoms with E-state index in [1.807, 2.05) is 21.6 Å². The van der Waals surface area contributed by atoms with Gasteiger partial charge in [0.1, 0.15) is 0 Å². The summed E-state index contributed by atoms with van der Waals surface area (Å²) in [7, 11) is 3.99. The molecule has 2 heterocycles. The molecule has 7 heteroatoms. The molecule has 0 radical (unpaired) electrons. The van der Waals surface area contributed by atoms with Gasteiger partial charge in [-0.2, -0.15) is 0 Å². The van der Waals surface area contributed by atoms with Gasteiger partial charge in [0.05, 0.1) is 11.5 Å². The Morgan fingerprint density at radius 1 is 1.30 bits per heavy atom. The Hall–Kier alpha value is -0.920. The van der Waals surface area contributed by atoms with Crippen molar-refractivity contribution in [3.8, 4) is 0 Å². The topological polar surface area (TPSA) is 87.7 Å². The quantitative estimate of drug-likeness (QED) is 0.382. The lowest BCUT2D eigenvalue weighted by molar-refractivity contribution is -0.134. The predicted molar refractivity (Wildman–Crippen MR) is 137 cm³/mol. The summed E-state index contributed by atoms with van der Waals surface area (Å²) in [6.45, 7) is 3.56. The molecule has 4 N–H and O–H groups in total. The minimum absolute atomic E-state index is 0.00395. The Kier molecular flexibility index (Phi) is 5.50. The third-order valence-corrected chi connectivity index (χ3v) is 13.0. The molecule has 7 atom stereocenters. The van der Waals surface area contributed by atoms with Crippen LogP contribution in [-0.4, -0.2) is 47.0 Å². The second kappa shape index (κ2) is 8.06. The standard InChI is InChI=1S/C26H37N3O2S2/c1-24-9-11-32-33-15-25(8-10-28-23(27)29-25)7-3-4-18-21-13-17(24)12-16(14-30)19-5-2-6-20(22(18)31)26(19,21)24/h2,6,16-17,19-20,30H,3-5,7-15H2,1H3,(H3,27,28,29). The van der Waals surface area contributed by atoms with Crippen molar-refractivity contribution < 1.29 is 9.90 Å². The van der Waals surface area contributed by atoms with Crippen LogP contribution in [0.5, 0.6) is 0 Å². The molecule has 4 aliphatic carbocycles. The Morgan fingerprint density at radius 2 is 2.18 bits per heavy atom. The second-order valence-electron chi connectivity index (χ2n) is 11.5. The number of hydrogen-bond acceptors (Lipinski definition) is 7. The lowest BCUT2D eigenvalue weighted by Crippen LogP contribution is -2.57. The summed E-state index contributed by atoms with van der Waals surface area (Å²) >= 11 is 0. The van der Waals surface area contributed by atoms with E-state index in [0.29, 0.717) is 29.5 Å². The normalized spacial score (nSPS) is 47.0. The van der Waals surface area contributed by atoms with E-state index in [9.17, 15) is 9.90 Å². The van der Waals surface area contributed by atoms with Gasteiger partial charge in [0, 0.05) is 30.1 Å². The average Bonchev–Trinajstić information content (AvgIpc) is 3.09. The minimum atomic E-state index is -0.0539. The third-order valence-electron chi connectivity index (χ3n) is 10.4. The highest BCUT2D eigenvalue weighted by Crippen LogP contribution is 2.77. The van der Waals surface area contributed by atoms with Crippen LogP contribution in [0.25, 0.3) is 0 Å². The van der Waals surface area contributed by atoms with Crippen molar-refractivity contribution in [3.63, 3.8) is 0 Å². The van der Waals surface area contributed by atoms with E-state index in [0.717, 1.165) is 75.0 Å². The monoisotopic (exact) mass is 487 g/mol. The van der Waals surface area contributed by atoms with Crippen molar-refractivity contribution in [1.29, 1.82) is 0 Å². The first-order valence-electron chi connectivity index (χ1n) is 12.8. The van der Waals surface area contributed by atoms with E-state index in [1.165, 1.54) is 5.57 Å². The highest BCUT2D eigenvalue weighted by atomic mass is 33.1. The Bertz CT molecular complexity index is 948. The summed E-state index contributed by atoms with van der Waals surface area (Å²) < 4.78 is 0.